The van der Waals surface area contributed by atoms with E-state index >= 15 is 0 Å². The molecule has 4 rings (SSSR count). The Morgan fingerprint density at radius 2 is 2.32 bits per heavy atom. The summed E-state index contributed by atoms with van der Waals surface area (Å²) in [5.74, 6) is 3.11. The molecule has 2 aliphatic heterocycles. The maximum Gasteiger partial charge on any atom is 0.231 e. The first-order chi connectivity index (χ1) is 12.3. The lowest BCUT2D eigenvalue weighted by Gasteiger charge is -2.33. The van der Waals surface area contributed by atoms with Crippen LogP contribution >= 0.6 is 0 Å². The first-order valence-corrected chi connectivity index (χ1v) is 8.56. The van der Waals surface area contributed by atoms with E-state index in [0.29, 0.717) is 11.8 Å². The maximum absolute atomic E-state index is 5.49. The van der Waals surface area contributed by atoms with Crippen molar-refractivity contribution >= 4 is 5.82 Å². The Bertz CT molecular complexity index is 726. The van der Waals surface area contributed by atoms with Crippen LogP contribution in [0.3, 0.4) is 0 Å². The van der Waals surface area contributed by atoms with Crippen LogP contribution in [0.15, 0.2) is 30.5 Å². The van der Waals surface area contributed by atoms with E-state index in [0.717, 1.165) is 55.4 Å². The van der Waals surface area contributed by atoms with Gasteiger partial charge in [0.1, 0.15) is 0 Å². The molecule has 132 valence electrons. The topological polar surface area (TPSA) is 68.7 Å². The average molecular weight is 342 g/mol. The van der Waals surface area contributed by atoms with Crippen LogP contribution in [-0.4, -0.2) is 43.2 Å². The van der Waals surface area contributed by atoms with E-state index in [1.54, 1.807) is 13.3 Å². The van der Waals surface area contributed by atoms with Crippen molar-refractivity contribution in [1.29, 1.82) is 0 Å². The zero-order chi connectivity index (χ0) is 17.1. The zero-order valence-electron chi connectivity index (χ0n) is 14.3. The van der Waals surface area contributed by atoms with Crippen LogP contribution in [0.5, 0.6) is 17.2 Å². The van der Waals surface area contributed by atoms with E-state index in [1.807, 2.05) is 24.3 Å². The van der Waals surface area contributed by atoms with Gasteiger partial charge >= 0.3 is 0 Å². The summed E-state index contributed by atoms with van der Waals surface area (Å²) in [6.07, 6.45) is 3.99. The van der Waals surface area contributed by atoms with Gasteiger partial charge in [-0.15, -0.1) is 5.10 Å². The SMILES string of the molecule is COc1cc(CN[C@@H]2CCCN(c3cccnn3)C2)cc2c1OCO2. The van der Waals surface area contributed by atoms with Crippen molar-refractivity contribution in [1.82, 2.24) is 15.5 Å². The Labute approximate surface area is 146 Å². The molecule has 1 aromatic heterocycles. The van der Waals surface area contributed by atoms with Crippen molar-refractivity contribution in [3.8, 4) is 17.2 Å². The molecular weight excluding hydrogens is 320 g/mol. The van der Waals surface area contributed by atoms with E-state index in [4.69, 9.17) is 14.2 Å². The van der Waals surface area contributed by atoms with Crippen LogP contribution in [-0.2, 0) is 6.54 Å². The van der Waals surface area contributed by atoms with Gasteiger partial charge in [-0.25, -0.2) is 0 Å². The van der Waals surface area contributed by atoms with Gasteiger partial charge in [-0.05, 0) is 42.7 Å². The summed E-state index contributed by atoms with van der Waals surface area (Å²) in [5.41, 5.74) is 1.12. The van der Waals surface area contributed by atoms with Crippen LogP contribution < -0.4 is 24.4 Å². The lowest BCUT2D eigenvalue weighted by atomic mass is 10.0. The quantitative estimate of drug-likeness (QED) is 0.891. The van der Waals surface area contributed by atoms with Crippen LogP contribution in [0, 0.1) is 0 Å². The van der Waals surface area contributed by atoms with E-state index in [9.17, 15) is 0 Å². The molecule has 7 heteroatoms. The fourth-order valence-electron chi connectivity index (χ4n) is 3.36. The second kappa shape index (κ2) is 7.14. The number of hydrogen-bond donors (Lipinski definition) is 1. The van der Waals surface area contributed by atoms with Gasteiger partial charge in [-0.1, -0.05) is 0 Å². The highest BCUT2D eigenvalue weighted by atomic mass is 16.7. The van der Waals surface area contributed by atoms with E-state index in [-0.39, 0.29) is 6.79 Å². The molecule has 0 spiro atoms. The number of nitrogens with one attached hydrogen (secondary N) is 1. The fourth-order valence-corrected chi connectivity index (χ4v) is 3.36. The average Bonchev–Trinajstić information content (AvgIpc) is 3.15. The molecule has 2 aliphatic rings. The summed E-state index contributed by atoms with van der Waals surface area (Å²) in [4.78, 5) is 2.29. The lowest BCUT2D eigenvalue weighted by Crippen LogP contribution is -2.45. The van der Waals surface area contributed by atoms with Crippen LogP contribution in [0.25, 0.3) is 0 Å². The molecule has 0 bridgehead atoms. The molecule has 1 N–H and O–H groups in total. The van der Waals surface area contributed by atoms with E-state index in [1.165, 1.54) is 0 Å². The molecule has 0 amide bonds. The monoisotopic (exact) mass is 342 g/mol. The van der Waals surface area contributed by atoms with Gasteiger partial charge in [-0.3, -0.25) is 0 Å². The third kappa shape index (κ3) is 3.46. The van der Waals surface area contributed by atoms with Gasteiger partial charge in [0.15, 0.2) is 17.3 Å². The van der Waals surface area contributed by atoms with Crippen molar-refractivity contribution in [3.63, 3.8) is 0 Å². The number of fused-ring (bicyclic) bond motifs is 1. The minimum atomic E-state index is 0.248. The molecule has 2 aromatic rings. The van der Waals surface area contributed by atoms with Crippen LogP contribution in [0.2, 0.25) is 0 Å². The summed E-state index contributed by atoms with van der Waals surface area (Å²) in [5, 5.41) is 11.8. The van der Waals surface area contributed by atoms with Gasteiger partial charge in [0.05, 0.1) is 7.11 Å². The smallest absolute Gasteiger partial charge is 0.231 e. The predicted molar refractivity (Wildman–Crippen MR) is 93.2 cm³/mol. The first kappa shape index (κ1) is 16.0. The van der Waals surface area contributed by atoms with Crippen molar-refractivity contribution in [2.24, 2.45) is 0 Å². The Morgan fingerprint density at radius 3 is 3.16 bits per heavy atom. The molecule has 0 unspecified atom stereocenters. The molecular formula is C18H22N4O3. The molecule has 1 aromatic carbocycles. The van der Waals surface area contributed by atoms with Gasteiger partial charge in [0.25, 0.3) is 0 Å². The van der Waals surface area contributed by atoms with Gasteiger partial charge < -0.3 is 24.4 Å². The van der Waals surface area contributed by atoms with Crippen molar-refractivity contribution in [2.45, 2.75) is 25.4 Å². The second-order valence-electron chi connectivity index (χ2n) is 6.28. The number of methoxy groups -OCH3 is 1. The first-order valence-electron chi connectivity index (χ1n) is 8.56. The standard InChI is InChI=1S/C18H22N4O3/c1-23-15-8-13(9-16-18(15)25-12-24-16)10-19-14-4-3-7-22(11-14)17-5-2-6-20-21-17/h2,5-6,8-9,14,19H,3-4,7,10-12H2,1H3/t14-/m1/s1. The van der Waals surface area contributed by atoms with Crippen molar-refractivity contribution < 1.29 is 14.2 Å². The number of benzene rings is 1. The van der Waals surface area contributed by atoms with E-state index in [2.05, 4.69) is 20.4 Å². The number of hydrogen-bond acceptors (Lipinski definition) is 7. The summed E-state index contributed by atoms with van der Waals surface area (Å²) in [6.45, 7) is 2.96. The van der Waals surface area contributed by atoms with E-state index < -0.39 is 0 Å². The minimum Gasteiger partial charge on any atom is -0.493 e. The molecule has 3 heterocycles. The number of aromatic nitrogens is 2. The fraction of sp³-hybridized carbons (Fsp3) is 0.444. The highest BCUT2D eigenvalue weighted by Crippen LogP contribution is 2.41. The van der Waals surface area contributed by atoms with Gasteiger partial charge in [0.2, 0.25) is 12.5 Å². The highest BCUT2D eigenvalue weighted by molar-refractivity contribution is 5.55. The van der Waals surface area contributed by atoms with Crippen molar-refractivity contribution in [2.75, 3.05) is 31.9 Å². The Hall–Kier alpha value is -2.54. The molecule has 0 radical (unpaired) electrons. The van der Waals surface area contributed by atoms with Gasteiger partial charge in [-0.2, -0.15) is 5.10 Å². The number of nitrogens with zero attached hydrogens (tertiary/aromatic N) is 3. The molecule has 7 nitrogen and oxygen atoms in total. The van der Waals surface area contributed by atoms with Crippen LogP contribution in [0.1, 0.15) is 18.4 Å². The molecule has 0 aliphatic carbocycles. The largest absolute Gasteiger partial charge is 0.493 e. The normalized spacial score (nSPS) is 19.1. The zero-order valence-corrected chi connectivity index (χ0v) is 14.3. The summed E-state index contributed by atoms with van der Waals surface area (Å²) in [7, 11) is 1.65. The maximum atomic E-state index is 5.49. The Balaban J connectivity index is 1.40. The summed E-state index contributed by atoms with van der Waals surface area (Å²) < 4.78 is 16.3. The second-order valence-corrected chi connectivity index (χ2v) is 6.28. The molecule has 1 atom stereocenters. The Morgan fingerprint density at radius 1 is 1.36 bits per heavy atom. The van der Waals surface area contributed by atoms with Crippen LogP contribution in [0.4, 0.5) is 5.82 Å². The molecule has 1 fully saturated rings. The molecule has 1 saturated heterocycles. The highest BCUT2D eigenvalue weighted by Gasteiger charge is 2.22. The van der Waals surface area contributed by atoms with Gasteiger partial charge in [0, 0.05) is 31.9 Å². The number of piperidine rings is 1. The third-order valence-electron chi connectivity index (χ3n) is 4.62. The Kier molecular flexibility index (Phi) is 4.56. The molecule has 0 saturated carbocycles. The molecule has 25 heavy (non-hydrogen) atoms. The summed E-state index contributed by atoms with van der Waals surface area (Å²) >= 11 is 0. The number of anilines is 1. The van der Waals surface area contributed by atoms with Crippen molar-refractivity contribution in [3.05, 3.63) is 36.0 Å². The minimum absolute atomic E-state index is 0.248. The predicted octanol–water partition coefficient (Wildman–Crippen LogP) is 1.97. The lowest BCUT2D eigenvalue weighted by molar-refractivity contribution is 0.171. The number of rotatable bonds is 5. The number of ether oxygens (including phenoxy) is 3. The third-order valence-corrected chi connectivity index (χ3v) is 4.62. The summed E-state index contributed by atoms with van der Waals surface area (Å²) in [6, 6.07) is 8.37.